The molecule has 2 bridgehead atoms. The first-order valence-corrected chi connectivity index (χ1v) is 13.9. The Morgan fingerprint density at radius 1 is 0.919 bits per heavy atom. The minimum atomic E-state index is -1.17. The topological polar surface area (TPSA) is 103 Å². The molecule has 2 N–H and O–H groups in total. The molecule has 0 aromatic carbocycles. The number of hydrogen-bond donors (Lipinski definition) is 2. The molecule has 210 valence electrons. The van der Waals surface area contributed by atoms with Gasteiger partial charge in [-0.1, -0.05) is 0 Å². The number of amides is 2. The lowest BCUT2D eigenvalue weighted by Gasteiger charge is -2.56. The van der Waals surface area contributed by atoms with E-state index in [-0.39, 0.29) is 56.9 Å². The molecule has 5 saturated carbocycles. The molecule has 5 rings (SSSR count). The highest BCUT2D eigenvalue weighted by Crippen LogP contribution is 2.46. The fourth-order valence-corrected chi connectivity index (χ4v) is 6.65. The van der Waals surface area contributed by atoms with Crippen LogP contribution in [0.4, 0.5) is 8.78 Å². The van der Waals surface area contributed by atoms with Crippen molar-refractivity contribution in [1.82, 2.24) is 10.6 Å². The molecule has 6 unspecified atom stereocenters. The summed E-state index contributed by atoms with van der Waals surface area (Å²) in [5.41, 5.74) is -2.00. The Morgan fingerprint density at radius 3 is 1.95 bits per heavy atom. The molecular formula is C25H36Cl2F2N2O6. The zero-order valence-electron chi connectivity index (χ0n) is 21.0. The van der Waals surface area contributed by atoms with Gasteiger partial charge >= 0.3 is 0 Å². The highest BCUT2D eigenvalue weighted by molar-refractivity contribution is 6.21. The molecule has 0 aromatic heterocycles. The summed E-state index contributed by atoms with van der Waals surface area (Å²) >= 11 is 11.8. The molecule has 5 aliphatic carbocycles. The number of fused-ring (bicyclic) bond motifs is 3. The van der Waals surface area contributed by atoms with Gasteiger partial charge in [0, 0.05) is 32.8 Å². The molecule has 0 saturated heterocycles. The fraction of sp³-hybridized carbons (Fsp3) is 0.880. The van der Waals surface area contributed by atoms with Crippen LogP contribution in [0.15, 0.2) is 0 Å². The number of nitrogens with one attached hydrogen (secondary N) is 2. The number of rotatable bonds is 9. The van der Waals surface area contributed by atoms with Gasteiger partial charge in [0.25, 0.3) is 0 Å². The van der Waals surface area contributed by atoms with Crippen LogP contribution in [0.1, 0.15) is 64.2 Å². The number of ketones is 1. The van der Waals surface area contributed by atoms with Crippen LogP contribution in [-0.2, 0) is 28.6 Å². The third-order valence-corrected chi connectivity index (χ3v) is 9.38. The smallest absolute Gasteiger partial charge is 0.246 e. The quantitative estimate of drug-likeness (QED) is 0.414. The molecule has 12 heteroatoms. The van der Waals surface area contributed by atoms with Crippen LogP contribution in [-0.4, -0.2) is 90.4 Å². The van der Waals surface area contributed by atoms with Crippen molar-refractivity contribution in [3.05, 3.63) is 0 Å². The number of methoxy groups -OCH3 is 1. The maximum Gasteiger partial charge on any atom is 0.246 e. The summed E-state index contributed by atoms with van der Waals surface area (Å²) in [7, 11) is 1.51. The Hall–Kier alpha value is -1.07. The Morgan fingerprint density at radius 2 is 1.46 bits per heavy atom. The Kier molecular flexibility index (Phi) is 9.37. The normalized spacial score (nSPS) is 41.9. The molecule has 2 amide bonds. The average Bonchev–Trinajstić information content (AvgIpc) is 2.86. The zero-order chi connectivity index (χ0) is 26.8. The molecular weight excluding hydrogens is 533 g/mol. The molecule has 0 aliphatic heterocycles. The first-order valence-electron chi connectivity index (χ1n) is 13.0. The Bertz CT molecular complexity index is 871. The van der Waals surface area contributed by atoms with Crippen LogP contribution < -0.4 is 10.6 Å². The van der Waals surface area contributed by atoms with E-state index >= 15 is 0 Å². The van der Waals surface area contributed by atoms with Crippen molar-refractivity contribution in [3.8, 4) is 0 Å². The van der Waals surface area contributed by atoms with E-state index < -0.39 is 52.1 Å². The number of Topliss-reactive ketones (excluding diaryl/α,β-unsaturated/α-hetero) is 1. The predicted molar refractivity (Wildman–Crippen MR) is 132 cm³/mol. The minimum Gasteiger partial charge on any atom is -0.379 e. The molecule has 5 aliphatic rings. The summed E-state index contributed by atoms with van der Waals surface area (Å²) in [5.74, 6) is -1.03. The fourth-order valence-electron chi connectivity index (χ4n) is 6.19. The van der Waals surface area contributed by atoms with E-state index in [1.54, 1.807) is 0 Å². The maximum absolute atomic E-state index is 13.9. The number of ether oxygens (including phenoxy) is 3. The summed E-state index contributed by atoms with van der Waals surface area (Å²) in [6.07, 6.45) is -0.190. The van der Waals surface area contributed by atoms with Crippen molar-refractivity contribution < 1.29 is 37.4 Å². The second kappa shape index (κ2) is 12.0. The van der Waals surface area contributed by atoms with E-state index in [4.69, 9.17) is 37.4 Å². The van der Waals surface area contributed by atoms with Crippen molar-refractivity contribution in [2.24, 2.45) is 0 Å². The SMILES string of the molecule is CO[C@H]1C[C@]2(NC(=O)COC3CCC(Cl)C(F)C3)CC[C@@]1(NC(=O)COC1CCC(Cl)C(F)C1)CC2=O. The number of carbonyl (C=O) groups is 3. The van der Waals surface area contributed by atoms with Gasteiger partial charge in [-0.3, -0.25) is 14.4 Å². The van der Waals surface area contributed by atoms with E-state index in [9.17, 15) is 23.2 Å². The van der Waals surface area contributed by atoms with Gasteiger partial charge in [0.1, 0.15) is 31.1 Å². The summed E-state index contributed by atoms with van der Waals surface area (Å²) in [6.45, 7) is -0.525. The van der Waals surface area contributed by atoms with Crippen molar-refractivity contribution in [2.45, 2.75) is 117 Å². The van der Waals surface area contributed by atoms with Crippen LogP contribution in [0.5, 0.6) is 0 Å². The van der Waals surface area contributed by atoms with Crippen LogP contribution >= 0.6 is 23.2 Å². The van der Waals surface area contributed by atoms with Crippen molar-refractivity contribution in [2.75, 3.05) is 20.3 Å². The molecule has 0 aromatic rings. The molecule has 8 nitrogen and oxygen atoms in total. The third-order valence-electron chi connectivity index (χ3n) is 8.40. The van der Waals surface area contributed by atoms with Gasteiger partial charge in [0.15, 0.2) is 5.78 Å². The lowest BCUT2D eigenvalue weighted by molar-refractivity contribution is -0.156. The second-order valence-electron chi connectivity index (χ2n) is 10.9. The van der Waals surface area contributed by atoms with Crippen LogP contribution in [0, 0.1) is 0 Å². The van der Waals surface area contributed by atoms with Gasteiger partial charge in [0.05, 0.1) is 34.6 Å². The third kappa shape index (κ3) is 6.57. The highest BCUT2D eigenvalue weighted by atomic mass is 35.5. The van der Waals surface area contributed by atoms with Gasteiger partial charge in [0.2, 0.25) is 11.8 Å². The number of alkyl halides is 4. The van der Waals surface area contributed by atoms with E-state index in [1.165, 1.54) is 7.11 Å². The van der Waals surface area contributed by atoms with Gasteiger partial charge in [-0.2, -0.15) is 0 Å². The van der Waals surface area contributed by atoms with Crippen LogP contribution in [0.3, 0.4) is 0 Å². The lowest BCUT2D eigenvalue weighted by atomic mass is 9.59. The summed E-state index contributed by atoms with van der Waals surface area (Å²) in [6, 6.07) is 0. The van der Waals surface area contributed by atoms with E-state index in [1.807, 2.05) is 0 Å². The number of carbonyl (C=O) groups excluding carboxylic acids is 3. The van der Waals surface area contributed by atoms with Gasteiger partial charge in [-0.05, 0) is 38.5 Å². The van der Waals surface area contributed by atoms with Crippen molar-refractivity contribution in [1.29, 1.82) is 0 Å². The minimum absolute atomic E-state index is 0.00552. The number of halogens is 4. The predicted octanol–water partition coefficient (Wildman–Crippen LogP) is 2.90. The molecule has 0 spiro atoms. The highest BCUT2D eigenvalue weighted by Gasteiger charge is 2.60. The maximum atomic E-state index is 13.9. The van der Waals surface area contributed by atoms with Gasteiger partial charge in [-0.25, -0.2) is 8.78 Å². The number of hydrogen-bond acceptors (Lipinski definition) is 6. The first-order chi connectivity index (χ1) is 17.6. The second-order valence-corrected chi connectivity index (χ2v) is 12.0. The summed E-state index contributed by atoms with van der Waals surface area (Å²) < 4.78 is 44.6. The molecule has 5 fully saturated rings. The van der Waals surface area contributed by atoms with Gasteiger partial charge < -0.3 is 24.8 Å². The van der Waals surface area contributed by atoms with Crippen molar-refractivity contribution in [3.63, 3.8) is 0 Å². The lowest BCUT2D eigenvalue weighted by Crippen LogP contribution is -2.74. The van der Waals surface area contributed by atoms with E-state index in [0.29, 0.717) is 38.5 Å². The Labute approximate surface area is 225 Å². The van der Waals surface area contributed by atoms with E-state index in [0.717, 1.165) is 0 Å². The molecule has 0 heterocycles. The van der Waals surface area contributed by atoms with Gasteiger partial charge in [-0.15, -0.1) is 23.2 Å². The van der Waals surface area contributed by atoms with Crippen LogP contribution in [0.2, 0.25) is 0 Å². The standard InChI is InChI=1S/C25H36Cl2F2N2O6/c1-35-21-11-24(30-22(33)12-36-14-2-4-16(26)18(28)8-14)6-7-25(21,10-20(24)32)31-23(34)13-37-15-3-5-17(27)19(29)9-15/h14-19,21H,2-13H2,1H3,(H,30,33)(H,31,34)/t14?,15?,16?,17?,18?,19?,21-,24+,25+/m0/s1. The Balaban J connectivity index is 1.28. The van der Waals surface area contributed by atoms with E-state index in [2.05, 4.69) is 10.6 Å². The first kappa shape index (κ1) is 28.9. The average molecular weight is 569 g/mol. The molecule has 0 radical (unpaired) electrons. The molecule has 9 atom stereocenters. The largest absolute Gasteiger partial charge is 0.379 e. The van der Waals surface area contributed by atoms with Crippen LogP contribution in [0.25, 0.3) is 0 Å². The monoisotopic (exact) mass is 568 g/mol. The molecule has 37 heavy (non-hydrogen) atoms. The zero-order valence-corrected chi connectivity index (χ0v) is 22.5. The summed E-state index contributed by atoms with van der Waals surface area (Å²) in [4.78, 5) is 38.6. The van der Waals surface area contributed by atoms with Crippen molar-refractivity contribution >= 4 is 40.8 Å². The summed E-state index contributed by atoms with van der Waals surface area (Å²) in [5, 5.41) is 4.74.